The summed E-state index contributed by atoms with van der Waals surface area (Å²) in [4.78, 5) is 6.81. The molecule has 1 saturated carbocycles. The van der Waals surface area contributed by atoms with Gasteiger partial charge in [-0.25, -0.2) is 4.98 Å². The zero-order valence-corrected chi connectivity index (χ0v) is 12.9. The van der Waals surface area contributed by atoms with Gasteiger partial charge in [0.1, 0.15) is 5.82 Å². The van der Waals surface area contributed by atoms with Crippen LogP contribution in [-0.2, 0) is 6.54 Å². The summed E-state index contributed by atoms with van der Waals surface area (Å²) in [5, 5.41) is 3.36. The van der Waals surface area contributed by atoms with Crippen molar-refractivity contribution >= 4 is 21.7 Å². The minimum atomic E-state index is 0.629. The minimum absolute atomic E-state index is 0.629. The number of nitrogens with zero attached hydrogens (tertiary/aromatic N) is 2. The Kier molecular flexibility index (Phi) is 5.24. The fraction of sp³-hybridized carbons (Fsp3) is 0.533. The second kappa shape index (κ2) is 6.93. The van der Waals surface area contributed by atoms with Gasteiger partial charge in [-0.15, -0.1) is 6.42 Å². The van der Waals surface area contributed by atoms with Crippen molar-refractivity contribution in [1.29, 1.82) is 0 Å². The molecule has 1 heterocycles. The molecule has 1 aromatic rings. The Hall–Kier alpha value is -1.05. The summed E-state index contributed by atoms with van der Waals surface area (Å²) >= 11 is 3.49. The van der Waals surface area contributed by atoms with Crippen LogP contribution in [0.25, 0.3) is 0 Å². The van der Waals surface area contributed by atoms with Gasteiger partial charge in [0.25, 0.3) is 0 Å². The number of aromatic nitrogens is 1. The van der Waals surface area contributed by atoms with Gasteiger partial charge in [0.2, 0.25) is 0 Å². The van der Waals surface area contributed by atoms with Crippen molar-refractivity contribution in [2.75, 3.05) is 24.5 Å². The predicted octanol–water partition coefficient (Wildman–Crippen LogP) is 2.80. The Morgan fingerprint density at radius 1 is 1.58 bits per heavy atom. The molecule has 0 aromatic carbocycles. The topological polar surface area (TPSA) is 28.2 Å². The van der Waals surface area contributed by atoms with E-state index in [9.17, 15) is 0 Å². The molecule has 102 valence electrons. The van der Waals surface area contributed by atoms with Gasteiger partial charge >= 0.3 is 0 Å². The van der Waals surface area contributed by atoms with Gasteiger partial charge in [-0.2, -0.15) is 0 Å². The van der Waals surface area contributed by atoms with Gasteiger partial charge < -0.3 is 10.2 Å². The van der Waals surface area contributed by atoms with Gasteiger partial charge in [0, 0.05) is 29.3 Å². The van der Waals surface area contributed by atoms with E-state index in [1.54, 1.807) is 0 Å². The van der Waals surface area contributed by atoms with Crippen LogP contribution in [0.5, 0.6) is 0 Å². The van der Waals surface area contributed by atoms with Crippen molar-refractivity contribution in [3.05, 3.63) is 22.3 Å². The van der Waals surface area contributed by atoms with Gasteiger partial charge in [-0.1, -0.05) is 12.8 Å². The van der Waals surface area contributed by atoms with E-state index in [4.69, 9.17) is 6.42 Å². The molecule has 2 rings (SSSR count). The van der Waals surface area contributed by atoms with Crippen molar-refractivity contribution in [3.63, 3.8) is 0 Å². The van der Waals surface area contributed by atoms with Crippen LogP contribution in [0.4, 0.5) is 5.82 Å². The van der Waals surface area contributed by atoms with Crippen LogP contribution in [-0.4, -0.2) is 24.6 Å². The molecule has 0 unspecified atom stereocenters. The van der Waals surface area contributed by atoms with E-state index in [0.717, 1.165) is 35.8 Å². The number of hydrogen-bond donors (Lipinski definition) is 1. The quantitative estimate of drug-likeness (QED) is 0.783. The third kappa shape index (κ3) is 4.22. The molecular formula is C15H20BrN3. The number of pyridine rings is 1. The molecule has 0 spiro atoms. The summed E-state index contributed by atoms with van der Waals surface area (Å²) in [5.41, 5.74) is 1.20. The maximum absolute atomic E-state index is 5.50. The number of terminal acetylenes is 1. The third-order valence-corrected chi connectivity index (χ3v) is 3.67. The first-order chi connectivity index (χ1) is 9.24. The molecule has 1 N–H and O–H groups in total. The summed E-state index contributed by atoms with van der Waals surface area (Å²) in [7, 11) is 0. The molecule has 0 bridgehead atoms. The van der Waals surface area contributed by atoms with Crippen LogP contribution >= 0.6 is 15.9 Å². The number of halogens is 1. The molecule has 0 radical (unpaired) electrons. The fourth-order valence-electron chi connectivity index (χ4n) is 2.10. The van der Waals surface area contributed by atoms with E-state index in [-0.39, 0.29) is 0 Å². The lowest BCUT2D eigenvalue weighted by Crippen LogP contribution is -2.29. The molecule has 1 aliphatic rings. The average Bonchev–Trinajstić information content (AvgIpc) is 3.20. The average molecular weight is 322 g/mol. The first kappa shape index (κ1) is 14.4. The second-order valence-electron chi connectivity index (χ2n) is 4.94. The molecule has 1 fully saturated rings. The van der Waals surface area contributed by atoms with Crippen molar-refractivity contribution in [1.82, 2.24) is 10.3 Å². The van der Waals surface area contributed by atoms with E-state index < -0.39 is 0 Å². The van der Waals surface area contributed by atoms with Gasteiger partial charge in [0.15, 0.2) is 0 Å². The molecule has 0 amide bonds. The van der Waals surface area contributed by atoms with Crippen LogP contribution in [0.3, 0.4) is 0 Å². The van der Waals surface area contributed by atoms with Gasteiger partial charge in [-0.3, -0.25) is 0 Å². The monoisotopic (exact) mass is 321 g/mol. The van der Waals surface area contributed by atoms with Crippen LogP contribution < -0.4 is 10.2 Å². The van der Waals surface area contributed by atoms with Crippen LogP contribution in [0.2, 0.25) is 0 Å². The number of anilines is 1. The van der Waals surface area contributed by atoms with Crippen molar-refractivity contribution in [2.45, 2.75) is 26.3 Å². The highest BCUT2D eigenvalue weighted by Crippen LogP contribution is 2.32. The maximum Gasteiger partial charge on any atom is 0.133 e. The Morgan fingerprint density at radius 3 is 3.00 bits per heavy atom. The zero-order chi connectivity index (χ0) is 13.7. The van der Waals surface area contributed by atoms with E-state index in [2.05, 4.69) is 50.0 Å². The number of rotatable bonds is 7. The second-order valence-corrected chi connectivity index (χ2v) is 5.86. The van der Waals surface area contributed by atoms with E-state index in [1.807, 2.05) is 6.20 Å². The largest absolute Gasteiger partial charge is 0.345 e. The smallest absolute Gasteiger partial charge is 0.133 e. The molecule has 1 aliphatic carbocycles. The molecule has 0 saturated heterocycles. The maximum atomic E-state index is 5.50. The van der Waals surface area contributed by atoms with Gasteiger partial charge in [-0.05, 0) is 47.3 Å². The molecular weight excluding hydrogens is 302 g/mol. The zero-order valence-electron chi connectivity index (χ0n) is 11.3. The Labute approximate surface area is 123 Å². The molecule has 0 atom stereocenters. The van der Waals surface area contributed by atoms with Crippen molar-refractivity contribution < 1.29 is 0 Å². The van der Waals surface area contributed by atoms with Crippen LogP contribution in [0.1, 0.15) is 25.3 Å². The molecule has 1 aromatic heterocycles. The summed E-state index contributed by atoms with van der Waals surface area (Å²) in [6.07, 6.45) is 9.99. The lowest BCUT2D eigenvalue weighted by molar-refractivity contribution is 0.706. The van der Waals surface area contributed by atoms with Crippen LogP contribution in [0, 0.1) is 18.3 Å². The normalized spacial score (nSPS) is 14.2. The Bertz CT molecular complexity index is 463. The molecule has 3 nitrogen and oxygen atoms in total. The van der Waals surface area contributed by atoms with E-state index in [0.29, 0.717) is 6.54 Å². The Morgan fingerprint density at radius 2 is 2.37 bits per heavy atom. The summed E-state index contributed by atoms with van der Waals surface area (Å²) in [6, 6.07) is 2.13. The lowest BCUT2D eigenvalue weighted by atomic mass is 10.2. The fourth-order valence-corrected chi connectivity index (χ4v) is 2.48. The number of nitrogens with one attached hydrogen (secondary N) is 1. The minimum Gasteiger partial charge on any atom is -0.345 e. The van der Waals surface area contributed by atoms with Crippen molar-refractivity contribution in [2.24, 2.45) is 5.92 Å². The highest BCUT2D eigenvalue weighted by molar-refractivity contribution is 9.10. The van der Waals surface area contributed by atoms with E-state index in [1.165, 1.54) is 18.4 Å². The van der Waals surface area contributed by atoms with E-state index >= 15 is 0 Å². The standard InChI is InChI=1S/C15H20BrN3/c1-3-7-19(11-12-5-6-12)15-13(9-17-4-2)8-14(16)10-18-15/h1,8,10,12,17H,4-7,9,11H2,2H3. The van der Waals surface area contributed by atoms with Crippen molar-refractivity contribution in [3.8, 4) is 12.3 Å². The molecule has 0 aliphatic heterocycles. The predicted molar refractivity (Wildman–Crippen MR) is 83.1 cm³/mol. The van der Waals surface area contributed by atoms with Crippen LogP contribution in [0.15, 0.2) is 16.7 Å². The highest BCUT2D eigenvalue weighted by Gasteiger charge is 2.25. The first-order valence-electron chi connectivity index (χ1n) is 6.78. The molecule has 19 heavy (non-hydrogen) atoms. The summed E-state index contributed by atoms with van der Waals surface area (Å²) < 4.78 is 1.01. The first-order valence-corrected chi connectivity index (χ1v) is 7.57. The number of hydrogen-bond acceptors (Lipinski definition) is 3. The molecule has 4 heteroatoms. The summed E-state index contributed by atoms with van der Waals surface area (Å²) in [6.45, 7) is 5.53. The Balaban J connectivity index is 2.20. The third-order valence-electron chi connectivity index (χ3n) is 3.23. The SMILES string of the molecule is C#CCN(CC1CC1)c1ncc(Br)cc1CNCC. The highest BCUT2D eigenvalue weighted by atomic mass is 79.9. The lowest BCUT2D eigenvalue weighted by Gasteiger charge is -2.24. The van der Waals surface area contributed by atoms with Gasteiger partial charge in [0.05, 0.1) is 6.54 Å². The summed E-state index contributed by atoms with van der Waals surface area (Å²) in [5.74, 6) is 4.57.